The molecular weight excluding hydrogens is 432 g/mol. The van der Waals surface area contributed by atoms with E-state index in [1.165, 1.54) is 0 Å². The molecule has 0 radical (unpaired) electrons. The van der Waals surface area contributed by atoms with Crippen molar-refractivity contribution in [1.82, 2.24) is 0 Å². The molecule has 4 rings (SSSR count). The van der Waals surface area contributed by atoms with Crippen molar-refractivity contribution in [3.63, 3.8) is 0 Å². The summed E-state index contributed by atoms with van der Waals surface area (Å²) >= 11 is 0. The lowest BCUT2D eigenvalue weighted by Crippen LogP contribution is -2.73. The quantitative estimate of drug-likeness (QED) is 0.348. The van der Waals surface area contributed by atoms with Crippen LogP contribution in [0.25, 0.3) is 10.8 Å². The van der Waals surface area contributed by atoms with Gasteiger partial charge in [-0.1, -0.05) is 61.5 Å². The lowest BCUT2D eigenvalue weighted by atomic mass is 9.57. The van der Waals surface area contributed by atoms with Gasteiger partial charge in [-0.25, -0.2) is 4.89 Å². The molecule has 0 bridgehead atoms. The van der Waals surface area contributed by atoms with Gasteiger partial charge in [0.15, 0.2) is 5.60 Å². The van der Waals surface area contributed by atoms with E-state index in [1.54, 1.807) is 7.11 Å². The van der Waals surface area contributed by atoms with E-state index in [9.17, 15) is 0 Å². The van der Waals surface area contributed by atoms with E-state index >= 15 is 0 Å². The van der Waals surface area contributed by atoms with Gasteiger partial charge in [0.25, 0.3) is 5.79 Å². The van der Waals surface area contributed by atoms with Crippen LogP contribution in [0, 0.1) is 10.8 Å². The molecule has 0 aliphatic carbocycles. The van der Waals surface area contributed by atoms with Crippen LogP contribution in [0.2, 0.25) is 18.1 Å². The molecule has 0 aromatic heterocycles. The zero-order valence-corrected chi connectivity index (χ0v) is 23.1. The monoisotopic (exact) mass is 472 g/mol. The summed E-state index contributed by atoms with van der Waals surface area (Å²) in [6.45, 7) is 22.7. The molecule has 2 fully saturated rings. The second-order valence-electron chi connectivity index (χ2n) is 12.8. The molecule has 2 aliphatic heterocycles. The summed E-state index contributed by atoms with van der Waals surface area (Å²) in [5.41, 5.74) is -0.299. The Hall–Kier alpha value is -1.60. The molecule has 6 heteroatoms. The first-order valence-corrected chi connectivity index (χ1v) is 14.7. The molecule has 2 atom stereocenters. The molecule has 2 aliphatic rings. The van der Waals surface area contributed by atoms with Crippen LogP contribution in [-0.4, -0.2) is 27.6 Å². The van der Waals surface area contributed by atoms with Crippen molar-refractivity contribution >= 4 is 19.1 Å². The molecule has 33 heavy (non-hydrogen) atoms. The van der Waals surface area contributed by atoms with E-state index in [1.807, 2.05) is 0 Å². The summed E-state index contributed by atoms with van der Waals surface area (Å²) in [4.78, 5) is 11.9. The topological polar surface area (TPSA) is 46.2 Å². The van der Waals surface area contributed by atoms with Crippen molar-refractivity contribution in [2.24, 2.45) is 10.8 Å². The van der Waals surface area contributed by atoms with E-state index in [2.05, 4.69) is 98.8 Å². The van der Waals surface area contributed by atoms with E-state index in [-0.39, 0.29) is 15.9 Å². The fourth-order valence-electron chi connectivity index (χ4n) is 5.41. The fourth-order valence-corrected chi connectivity index (χ4v) is 6.43. The highest BCUT2D eigenvalue weighted by atomic mass is 28.4. The number of hydrogen-bond acceptors (Lipinski definition) is 5. The summed E-state index contributed by atoms with van der Waals surface area (Å²) in [6.07, 6.45) is 0. The van der Waals surface area contributed by atoms with E-state index in [0.717, 1.165) is 27.8 Å². The second kappa shape index (κ2) is 7.20. The van der Waals surface area contributed by atoms with Crippen molar-refractivity contribution < 1.29 is 23.7 Å². The van der Waals surface area contributed by atoms with Gasteiger partial charge >= 0.3 is 0 Å². The molecule has 2 unspecified atom stereocenters. The Kier molecular flexibility index (Phi) is 5.35. The third kappa shape index (κ3) is 3.28. The molecule has 2 aromatic carbocycles. The number of rotatable bonds is 4. The van der Waals surface area contributed by atoms with Gasteiger partial charge in [-0.2, -0.15) is 4.89 Å². The molecule has 2 heterocycles. The highest BCUT2D eigenvalue weighted by molar-refractivity contribution is 6.74. The van der Waals surface area contributed by atoms with Crippen LogP contribution in [0.5, 0.6) is 11.5 Å². The Balaban J connectivity index is 1.86. The molecule has 5 nitrogen and oxygen atoms in total. The van der Waals surface area contributed by atoms with Crippen molar-refractivity contribution in [3.8, 4) is 11.5 Å². The minimum absolute atomic E-state index is 0.124. The summed E-state index contributed by atoms with van der Waals surface area (Å²) in [6, 6.07) is 10.4. The molecular formula is C27H40O5Si. The highest BCUT2D eigenvalue weighted by Gasteiger charge is 2.81. The number of ether oxygens (including phenoxy) is 2. The smallest absolute Gasteiger partial charge is 0.265 e. The lowest BCUT2D eigenvalue weighted by Gasteiger charge is -2.61. The molecule has 182 valence electrons. The SMILES string of the molecule is COc1cc2ccc(O[Si](C)(C)C(C)(C)C)cc2cc1C12OCC(C)(C)C1(C(C)(C)C)OO2. The minimum atomic E-state index is -1.95. The van der Waals surface area contributed by atoms with Crippen molar-refractivity contribution in [2.75, 3.05) is 13.7 Å². The zero-order chi connectivity index (χ0) is 24.7. The molecule has 0 spiro atoms. The van der Waals surface area contributed by atoms with Crippen LogP contribution in [0.1, 0.15) is 61.0 Å². The Morgan fingerprint density at radius 1 is 0.909 bits per heavy atom. The Labute approximate surface area is 199 Å². The predicted octanol–water partition coefficient (Wildman–Crippen LogP) is 7.19. The van der Waals surface area contributed by atoms with Gasteiger partial charge in [0, 0.05) is 10.8 Å². The molecule has 0 N–H and O–H groups in total. The molecule has 2 saturated heterocycles. The van der Waals surface area contributed by atoms with Gasteiger partial charge in [0.1, 0.15) is 11.5 Å². The van der Waals surface area contributed by atoms with Gasteiger partial charge in [-0.3, -0.25) is 0 Å². The van der Waals surface area contributed by atoms with Gasteiger partial charge in [-0.05, 0) is 53.2 Å². The first kappa shape index (κ1) is 24.5. The summed E-state index contributed by atoms with van der Waals surface area (Å²) in [5.74, 6) is 0.586. The van der Waals surface area contributed by atoms with Crippen LogP contribution < -0.4 is 9.16 Å². The predicted molar refractivity (Wildman–Crippen MR) is 134 cm³/mol. The summed E-state index contributed by atoms with van der Waals surface area (Å²) < 4.78 is 18.9. The van der Waals surface area contributed by atoms with Crippen LogP contribution in [0.15, 0.2) is 30.3 Å². The van der Waals surface area contributed by atoms with Crippen molar-refractivity contribution in [3.05, 3.63) is 35.9 Å². The number of fused-ring (bicyclic) bond motifs is 2. The average molecular weight is 473 g/mol. The third-order valence-electron chi connectivity index (χ3n) is 8.06. The van der Waals surface area contributed by atoms with Gasteiger partial charge in [0.2, 0.25) is 8.32 Å². The largest absolute Gasteiger partial charge is 0.543 e. The van der Waals surface area contributed by atoms with Gasteiger partial charge < -0.3 is 13.9 Å². The second-order valence-corrected chi connectivity index (χ2v) is 17.5. The first-order chi connectivity index (χ1) is 15.0. The van der Waals surface area contributed by atoms with Crippen molar-refractivity contribution in [1.29, 1.82) is 0 Å². The van der Waals surface area contributed by atoms with Crippen LogP contribution >= 0.6 is 0 Å². The van der Waals surface area contributed by atoms with Crippen LogP contribution in [-0.2, 0) is 20.3 Å². The number of hydrogen-bond donors (Lipinski definition) is 0. The average Bonchev–Trinajstić information content (AvgIpc) is 2.80. The zero-order valence-electron chi connectivity index (χ0n) is 22.1. The normalized spacial score (nSPS) is 27.2. The Morgan fingerprint density at radius 3 is 2.09 bits per heavy atom. The molecule has 0 amide bonds. The van der Waals surface area contributed by atoms with Crippen LogP contribution in [0.4, 0.5) is 0 Å². The lowest BCUT2D eigenvalue weighted by molar-refractivity contribution is -0.626. The number of methoxy groups -OCH3 is 1. The van der Waals surface area contributed by atoms with Crippen molar-refractivity contribution in [2.45, 2.75) is 84.9 Å². The summed E-state index contributed by atoms with van der Waals surface area (Å²) in [5, 5.41) is 2.26. The molecule has 0 saturated carbocycles. The Morgan fingerprint density at radius 2 is 1.58 bits per heavy atom. The van der Waals surface area contributed by atoms with Gasteiger partial charge in [0.05, 0.1) is 19.3 Å². The van der Waals surface area contributed by atoms with E-state index in [4.69, 9.17) is 23.7 Å². The van der Waals surface area contributed by atoms with Gasteiger partial charge in [-0.15, -0.1) is 0 Å². The minimum Gasteiger partial charge on any atom is -0.543 e. The fraction of sp³-hybridized carbons (Fsp3) is 0.630. The standard InChI is InChI=1S/C27H40O5Si/c1-23(2,3)27-25(7,8)17-29-26(27,31-32-27)21-15-19-14-20(30-33(10,11)24(4,5)6)13-12-18(19)16-22(21)28-9/h12-16H,17H2,1-11H3. The number of benzene rings is 2. The maximum Gasteiger partial charge on any atom is 0.265 e. The molecule has 2 aromatic rings. The summed E-state index contributed by atoms with van der Waals surface area (Å²) in [7, 11) is -0.266. The van der Waals surface area contributed by atoms with Crippen LogP contribution in [0.3, 0.4) is 0 Å². The highest BCUT2D eigenvalue weighted by Crippen LogP contribution is 2.70. The maximum absolute atomic E-state index is 6.58. The maximum atomic E-state index is 6.58. The first-order valence-electron chi connectivity index (χ1n) is 11.8. The van der Waals surface area contributed by atoms with E-state index < -0.39 is 19.7 Å². The van der Waals surface area contributed by atoms with E-state index in [0.29, 0.717) is 6.61 Å². The third-order valence-corrected chi connectivity index (χ3v) is 12.4. The Bertz CT molecular complexity index is 1080.